The van der Waals surface area contributed by atoms with Crippen LogP contribution in [0.1, 0.15) is 37.0 Å². The third kappa shape index (κ3) is 4.31. The van der Waals surface area contributed by atoms with E-state index in [1.165, 1.54) is 6.07 Å². The van der Waals surface area contributed by atoms with Crippen molar-refractivity contribution in [1.29, 1.82) is 0 Å². The Balaban J connectivity index is 0.00000196. The van der Waals surface area contributed by atoms with Crippen molar-refractivity contribution in [3.05, 3.63) is 17.5 Å². The average molecular weight is 235 g/mol. The molecular weight excluding hydrogens is 220 g/mol. The lowest BCUT2D eigenvalue weighted by molar-refractivity contribution is 0.00588. The molecule has 0 saturated heterocycles. The van der Waals surface area contributed by atoms with Crippen molar-refractivity contribution in [3.8, 4) is 0 Å². The van der Waals surface area contributed by atoms with Crippen LogP contribution in [0.5, 0.6) is 0 Å². The van der Waals surface area contributed by atoms with Crippen molar-refractivity contribution in [2.75, 3.05) is 0 Å². The van der Waals surface area contributed by atoms with E-state index >= 15 is 0 Å². The highest BCUT2D eigenvalue weighted by atomic mass is 35.5. The number of rotatable bonds is 2. The molecule has 0 aliphatic heterocycles. The van der Waals surface area contributed by atoms with Gasteiger partial charge < -0.3 is 15.0 Å². The molecular formula is C9H15ClN2O3. The summed E-state index contributed by atoms with van der Waals surface area (Å²) >= 11 is 0. The highest BCUT2D eigenvalue weighted by Gasteiger charge is 2.20. The molecule has 0 atom stereocenters. The molecule has 1 aromatic heterocycles. The summed E-state index contributed by atoms with van der Waals surface area (Å²) in [5.74, 6) is -0.0354. The fourth-order valence-electron chi connectivity index (χ4n) is 0.836. The third-order valence-corrected chi connectivity index (χ3v) is 1.37. The number of hydrogen-bond donors (Lipinski definition) is 1. The van der Waals surface area contributed by atoms with Crippen molar-refractivity contribution in [3.63, 3.8) is 0 Å². The Kier molecular flexibility index (Phi) is 4.77. The minimum absolute atomic E-state index is 0. The second-order valence-electron chi connectivity index (χ2n) is 3.88. The quantitative estimate of drug-likeness (QED) is 0.785. The number of carbonyl (C=O) groups excluding carboxylic acids is 1. The molecule has 6 heteroatoms. The predicted molar refractivity (Wildman–Crippen MR) is 56.8 cm³/mol. The molecule has 15 heavy (non-hydrogen) atoms. The summed E-state index contributed by atoms with van der Waals surface area (Å²) in [6.45, 7) is 5.58. The van der Waals surface area contributed by atoms with E-state index in [1.807, 2.05) is 0 Å². The van der Waals surface area contributed by atoms with E-state index in [2.05, 4.69) is 5.16 Å². The number of esters is 1. The monoisotopic (exact) mass is 234 g/mol. The summed E-state index contributed by atoms with van der Waals surface area (Å²) in [4.78, 5) is 11.4. The lowest BCUT2D eigenvalue weighted by atomic mass is 10.2. The van der Waals surface area contributed by atoms with Gasteiger partial charge in [0.25, 0.3) is 0 Å². The molecule has 0 aliphatic carbocycles. The van der Waals surface area contributed by atoms with Gasteiger partial charge in [-0.3, -0.25) is 0 Å². The molecule has 86 valence electrons. The van der Waals surface area contributed by atoms with E-state index in [-0.39, 0.29) is 24.6 Å². The second kappa shape index (κ2) is 5.14. The molecule has 0 aromatic carbocycles. The van der Waals surface area contributed by atoms with Crippen LogP contribution in [0, 0.1) is 0 Å². The number of hydrogen-bond acceptors (Lipinski definition) is 5. The first kappa shape index (κ1) is 13.9. The Morgan fingerprint density at radius 1 is 1.60 bits per heavy atom. The van der Waals surface area contributed by atoms with Gasteiger partial charge >= 0.3 is 5.97 Å². The Labute approximate surface area is 94.4 Å². The number of ether oxygens (including phenoxy) is 1. The van der Waals surface area contributed by atoms with Gasteiger partial charge in [-0.2, -0.15) is 0 Å². The first-order valence-corrected chi connectivity index (χ1v) is 4.31. The largest absolute Gasteiger partial charge is 0.455 e. The molecule has 0 unspecified atom stereocenters. The number of halogens is 1. The Bertz CT molecular complexity index is 330. The Hall–Kier alpha value is -1.07. The van der Waals surface area contributed by atoms with Gasteiger partial charge in [0, 0.05) is 6.07 Å². The zero-order valence-electron chi connectivity index (χ0n) is 8.94. The number of carbonyl (C=O) groups is 1. The van der Waals surface area contributed by atoms with Gasteiger partial charge in [0.2, 0.25) is 0 Å². The van der Waals surface area contributed by atoms with Gasteiger partial charge in [0.15, 0.2) is 11.5 Å². The standard InChI is InChI=1S/C9H14N2O3.ClH/c1-9(2,3)13-8(12)7-4-6(5-10)14-11-7;/h4H,5,10H2,1-3H3;1H. The maximum absolute atomic E-state index is 11.4. The van der Waals surface area contributed by atoms with Crippen molar-refractivity contribution >= 4 is 18.4 Å². The zero-order valence-corrected chi connectivity index (χ0v) is 9.76. The first-order chi connectivity index (χ1) is 6.42. The minimum atomic E-state index is -0.529. The van der Waals surface area contributed by atoms with Gasteiger partial charge in [-0.25, -0.2) is 4.79 Å². The van der Waals surface area contributed by atoms with Crippen molar-refractivity contribution < 1.29 is 14.1 Å². The van der Waals surface area contributed by atoms with Crippen molar-refractivity contribution in [2.45, 2.75) is 32.9 Å². The van der Waals surface area contributed by atoms with Gasteiger partial charge in [-0.15, -0.1) is 12.4 Å². The van der Waals surface area contributed by atoms with Crippen LogP contribution in [0.2, 0.25) is 0 Å². The van der Waals surface area contributed by atoms with Crippen LogP contribution in [-0.2, 0) is 11.3 Å². The molecule has 0 radical (unpaired) electrons. The van der Waals surface area contributed by atoms with Gasteiger partial charge in [0.1, 0.15) is 5.60 Å². The molecule has 1 aromatic rings. The van der Waals surface area contributed by atoms with Crippen LogP contribution in [0.15, 0.2) is 10.6 Å². The lowest BCUT2D eigenvalue weighted by Gasteiger charge is -2.18. The van der Waals surface area contributed by atoms with E-state index in [0.717, 1.165) is 0 Å². The number of nitrogens with zero attached hydrogens (tertiary/aromatic N) is 1. The molecule has 0 bridgehead atoms. The van der Waals surface area contributed by atoms with E-state index < -0.39 is 11.6 Å². The zero-order chi connectivity index (χ0) is 10.8. The number of aromatic nitrogens is 1. The summed E-state index contributed by atoms with van der Waals surface area (Å²) in [5.41, 5.74) is 4.93. The molecule has 5 nitrogen and oxygen atoms in total. The fraction of sp³-hybridized carbons (Fsp3) is 0.556. The molecule has 0 spiro atoms. The van der Waals surface area contributed by atoms with Crippen LogP contribution in [0.3, 0.4) is 0 Å². The van der Waals surface area contributed by atoms with Crippen LogP contribution in [-0.4, -0.2) is 16.7 Å². The second-order valence-corrected chi connectivity index (χ2v) is 3.88. The summed E-state index contributed by atoms with van der Waals surface area (Å²) in [6, 6.07) is 1.48. The van der Waals surface area contributed by atoms with E-state index in [1.54, 1.807) is 20.8 Å². The highest BCUT2D eigenvalue weighted by molar-refractivity contribution is 5.87. The maximum atomic E-state index is 11.4. The van der Waals surface area contributed by atoms with Gasteiger partial charge in [-0.1, -0.05) is 5.16 Å². The average Bonchev–Trinajstić information content (AvgIpc) is 2.48. The van der Waals surface area contributed by atoms with E-state index in [0.29, 0.717) is 5.76 Å². The van der Waals surface area contributed by atoms with Crippen molar-refractivity contribution in [1.82, 2.24) is 5.16 Å². The van der Waals surface area contributed by atoms with Gasteiger partial charge in [-0.05, 0) is 20.8 Å². The van der Waals surface area contributed by atoms with Crippen LogP contribution in [0.25, 0.3) is 0 Å². The molecule has 0 saturated carbocycles. The lowest BCUT2D eigenvalue weighted by Crippen LogP contribution is -2.24. The normalized spacial score (nSPS) is 10.7. The topological polar surface area (TPSA) is 78.4 Å². The Morgan fingerprint density at radius 2 is 2.20 bits per heavy atom. The maximum Gasteiger partial charge on any atom is 0.361 e. The van der Waals surface area contributed by atoms with E-state index in [9.17, 15) is 4.79 Å². The fourth-order valence-corrected chi connectivity index (χ4v) is 0.836. The number of nitrogens with two attached hydrogens (primary N) is 1. The summed E-state index contributed by atoms with van der Waals surface area (Å²) < 4.78 is 9.85. The summed E-state index contributed by atoms with van der Waals surface area (Å²) in [5, 5.41) is 3.54. The highest BCUT2D eigenvalue weighted by Crippen LogP contribution is 2.11. The SMILES string of the molecule is CC(C)(C)OC(=O)c1cc(CN)on1.Cl. The first-order valence-electron chi connectivity index (χ1n) is 4.31. The van der Waals surface area contributed by atoms with Crippen LogP contribution in [0.4, 0.5) is 0 Å². The predicted octanol–water partition coefficient (Wildman–Crippen LogP) is 1.51. The van der Waals surface area contributed by atoms with Gasteiger partial charge in [0.05, 0.1) is 6.54 Å². The van der Waals surface area contributed by atoms with E-state index in [4.69, 9.17) is 15.0 Å². The smallest absolute Gasteiger partial charge is 0.361 e. The Morgan fingerprint density at radius 3 is 2.60 bits per heavy atom. The minimum Gasteiger partial charge on any atom is -0.455 e. The molecule has 1 heterocycles. The molecule has 0 aliphatic rings. The molecule has 0 fully saturated rings. The van der Waals surface area contributed by atoms with Crippen LogP contribution < -0.4 is 5.73 Å². The van der Waals surface area contributed by atoms with Crippen molar-refractivity contribution in [2.24, 2.45) is 5.73 Å². The molecule has 2 N–H and O–H groups in total. The summed E-state index contributed by atoms with van der Waals surface area (Å²) in [6.07, 6.45) is 0. The van der Waals surface area contributed by atoms with Crippen LogP contribution >= 0.6 is 12.4 Å². The summed E-state index contributed by atoms with van der Waals surface area (Å²) in [7, 11) is 0. The third-order valence-electron chi connectivity index (χ3n) is 1.37. The molecule has 1 rings (SSSR count). The molecule has 0 amide bonds.